The lowest BCUT2D eigenvalue weighted by molar-refractivity contribution is -0.0165. The Kier molecular flexibility index (Phi) is 5.25. The molecule has 0 radical (unpaired) electrons. The van der Waals surface area contributed by atoms with Gasteiger partial charge in [0.2, 0.25) is 5.78 Å². The highest BCUT2D eigenvalue weighted by Crippen LogP contribution is 2.44. The van der Waals surface area contributed by atoms with E-state index in [-0.39, 0.29) is 18.3 Å². The first-order valence-electron chi connectivity index (χ1n) is 10.9. The van der Waals surface area contributed by atoms with Crippen LogP contribution in [0.25, 0.3) is 6.08 Å². The van der Waals surface area contributed by atoms with Crippen molar-refractivity contribution in [1.82, 2.24) is 9.88 Å². The van der Waals surface area contributed by atoms with Gasteiger partial charge in [-0.3, -0.25) is 14.7 Å². The standard InChI is InChI=1S/C26H21ClN2O5/c1-15-24-18(11-29(13-32-24)10-16-3-2-4-28-9-16)7-21-23(30)22(34-25(15)21)8-17-5-20(27)6-19-12-31-14-33-26(17)19/h2-9H,10-14H2,1H3/b22-8-. The van der Waals surface area contributed by atoms with Crippen molar-refractivity contribution in [3.8, 4) is 17.2 Å². The molecule has 0 spiro atoms. The van der Waals surface area contributed by atoms with Crippen molar-refractivity contribution in [2.45, 2.75) is 26.6 Å². The molecule has 3 aromatic rings. The first-order chi connectivity index (χ1) is 16.6. The van der Waals surface area contributed by atoms with Crippen molar-refractivity contribution in [3.63, 3.8) is 0 Å². The molecule has 34 heavy (non-hydrogen) atoms. The maximum absolute atomic E-state index is 13.3. The molecule has 3 aliphatic rings. The molecule has 0 bridgehead atoms. The second kappa shape index (κ2) is 8.43. The number of halogens is 1. The molecule has 0 saturated carbocycles. The third-order valence-corrected chi connectivity index (χ3v) is 6.34. The van der Waals surface area contributed by atoms with Crippen LogP contribution in [-0.4, -0.2) is 29.2 Å². The van der Waals surface area contributed by atoms with Gasteiger partial charge >= 0.3 is 0 Å². The molecule has 2 aromatic carbocycles. The Morgan fingerprint density at radius 1 is 1.15 bits per heavy atom. The Bertz CT molecular complexity index is 1340. The lowest BCUT2D eigenvalue weighted by Gasteiger charge is -2.30. The second-order valence-corrected chi connectivity index (χ2v) is 8.96. The van der Waals surface area contributed by atoms with Crippen LogP contribution in [0.4, 0.5) is 0 Å². The van der Waals surface area contributed by atoms with Crippen molar-refractivity contribution < 1.29 is 23.7 Å². The van der Waals surface area contributed by atoms with Gasteiger partial charge in [-0.2, -0.15) is 0 Å². The minimum absolute atomic E-state index is 0.151. The molecule has 0 aliphatic carbocycles. The smallest absolute Gasteiger partial charge is 0.231 e. The lowest BCUT2D eigenvalue weighted by atomic mass is 9.99. The number of hydrogen-bond acceptors (Lipinski definition) is 7. The van der Waals surface area contributed by atoms with E-state index in [0.717, 1.165) is 28.0 Å². The Morgan fingerprint density at radius 2 is 2.06 bits per heavy atom. The number of Topliss-reactive ketones (excluding diaryl/α,β-unsaturated/α-hetero) is 1. The van der Waals surface area contributed by atoms with E-state index in [1.54, 1.807) is 24.4 Å². The molecule has 0 saturated heterocycles. The third kappa shape index (κ3) is 3.72. The highest BCUT2D eigenvalue weighted by molar-refractivity contribution is 6.31. The number of benzene rings is 2. The Labute approximate surface area is 201 Å². The van der Waals surface area contributed by atoms with Gasteiger partial charge < -0.3 is 18.9 Å². The van der Waals surface area contributed by atoms with E-state index in [4.69, 9.17) is 30.5 Å². The van der Waals surface area contributed by atoms with Crippen LogP contribution >= 0.6 is 11.6 Å². The van der Waals surface area contributed by atoms with Crippen molar-refractivity contribution in [2.75, 3.05) is 13.5 Å². The fourth-order valence-corrected chi connectivity index (χ4v) is 4.85. The summed E-state index contributed by atoms with van der Waals surface area (Å²) in [5, 5.41) is 0.538. The van der Waals surface area contributed by atoms with E-state index < -0.39 is 0 Å². The molecule has 0 unspecified atom stereocenters. The zero-order valence-corrected chi connectivity index (χ0v) is 19.2. The largest absolute Gasteiger partial charge is 0.477 e. The summed E-state index contributed by atoms with van der Waals surface area (Å²) >= 11 is 6.28. The van der Waals surface area contributed by atoms with Crippen LogP contribution in [0, 0.1) is 6.92 Å². The molecule has 3 aliphatic heterocycles. The summed E-state index contributed by atoms with van der Waals surface area (Å²) in [6, 6.07) is 9.40. The molecule has 4 heterocycles. The summed E-state index contributed by atoms with van der Waals surface area (Å²) in [7, 11) is 0. The minimum atomic E-state index is -0.175. The lowest BCUT2D eigenvalue weighted by Crippen LogP contribution is -2.32. The summed E-state index contributed by atoms with van der Waals surface area (Å²) in [6.07, 6.45) is 5.29. The number of ether oxygens (including phenoxy) is 4. The van der Waals surface area contributed by atoms with Crippen molar-refractivity contribution in [2.24, 2.45) is 0 Å². The van der Waals surface area contributed by atoms with Crippen molar-refractivity contribution in [3.05, 3.63) is 86.9 Å². The molecular weight excluding hydrogens is 456 g/mol. The van der Waals surface area contributed by atoms with Crippen LogP contribution in [0.5, 0.6) is 17.2 Å². The van der Waals surface area contributed by atoms with E-state index in [1.807, 2.05) is 31.3 Å². The highest BCUT2D eigenvalue weighted by atomic mass is 35.5. The number of rotatable bonds is 3. The van der Waals surface area contributed by atoms with Gasteiger partial charge in [0.25, 0.3) is 0 Å². The van der Waals surface area contributed by atoms with Crippen LogP contribution in [0.3, 0.4) is 0 Å². The van der Waals surface area contributed by atoms with Gasteiger partial charge in [-0.05, 0) is 42.8 Å². The predicted molar refractivity (Wildman–Crippen MR) is 125 cm³/mol. The first-order valence-corrected chi connectivity index (χ1v) is 11.3. The van der Waals surface area contributed by atoms with E-state index in [2.05, 4.69) is 9.88 Å². The van der Waals surface area contributed by atoms with Crippen molar-refractivity contribution >= 4 is 23.5 Å². The average Bonchev–Trinajstić information content (AvgIpc) is 3.15. The van der Waals surface area contributed by atoms with Crippen LogP contribution < -0.4 is 14.2 Å². The van der Waals surface area contributed by atoms with Gasteiger partial charge in [0.1, 0.15) is 24.0 Å². The number of carbonyl (C=O) groups excluding carboxylic acids is 1. The SMILES string of the molecule is Cc1c2c(cc3c1O/C(=C\c1cc(Cl)cc4c1OCOC4)C3=O)CN(Cc1cccnc1)CO2. The third-order valence-electron chi connectivity index (χ3n) is 6.12. The normalized spacial score (nSPS) is 17.9. The first kappa shape index (κ1) is 21.2. The highest BCUT2D eigenvalue weighted by Gasteiger charge is 2.34. The van der Waals surface area contributed by atoms with Crippen LogP contribution in [0.15, 0.2) is 48.5 Å². The molecule has 8 heteroatoms. The molecule has 6 rings (SSSR count). The number of nitrogens with zero attached hydrogens (tertiary/aromatic N) is 2. The average molecular weight is 477 g/mol. The molecule has 7 nitrogen and oxygen atoms in total. The van der Waals surface area contributed by atoms with Gasteiger partial charge in [-0.25, -0.2) is 0 Å². The number of allylic oxidation sites excluding steroid dienone is 1. The van der Waals surface area contributed by atoms with Gasteiger partial charge in [-0.1, -0.05) is 17.7 Å². The van der Waals surface area contributed by atoms with Gasteiger partial charge in [0, 0.05) is 52.8 Å². The van der Waals surface area contributed by atoms with Crippen molar-refractivity contribution in [1.29, 1.82) is 0 Å². The quantitative estimate of drug-likeness (QED) is 0.499. The maximum Gasteiger partial charge on any atom is 0.231 e. The molecular formula is C26H21ClN2O5. The molecule has 0 fully saturated rings. The van der Waals surface area contributed by atoms with E-state index in [9.17, 15) is 4.79 Å². The molecule has 1 aromatic heterocycles. The number of fused-ring (bicyclic) bond motifs is 3. The van der Waals surface area contributed by atoms with Gasteiger partial charge in [-0.15, -0.1) is 0 Å². The summed E-state index contributed by atoms with van der Waals surface area (Å²) in [6.45, 7) is 4.31. The van der Waals surface area contributed by atoms with Gasteiger partial charge in [0.05, 0.1) is 12.2 Å². The number of carbonyl (C=O) groups is 1. The number of ketones is 1. The Hall–Kier alpha value is -3.39. The summed E-state index contributed by atoms with van der Waals surface area (Å²) in [5.41, 5.74) is 4.95. The Balaban J connectivity index is 1.31. The molecule has 0 atom stereocenters. The minimum Gasteiger partial charge on any atom is -0.477 e. The Morgan fingerprint density at radius 3 is 2.91 bits per heavy atom. The van der Waals surface area contributed by atoms with Crippen LogP contribution in [0.1, 0.15) is 38.2 Å². The number of hydrogen-bond donors (Lipinski definition) is 0. The maximum atomic E-state index is 13.3. The van der Waals surface area contributed by atoms with E-state index in [1.165, 1.54) is 0 Å². The van der Waals surface area contributed by atoms with E-state index in [0.29, 0.717) is 54.1 Å². The van der Waals surface area contributed by atoms with Crippen LogP contribution in [-0.2, 0) is 24.4 Å². The predicted octanol–water partition coefficient (Wildman–Crippen LogP) is 4.88. The number of pyridine rings is 1. The molecule has 0 amide bonds. The second-order valence-electron chi connectivity index (χ2n) is 8.52. The molecule has 172 valence electrons. The summed E-state index contributed by atoms with van der Waals surface area (Å²) in [4.78, 5) is 19.7. The van der Waals surface area contributed by atoms with Gasteiger partial charge in [0.15, 0.2) is 12.6 Å². The molecule has 0 N–H and O–H groups in total. The summed E-state index contributed by atoms with van der Waals surface area (Å²) in [5.74, 6) is 2.02. The topological polar surface area (TPSA) is 70.1 Å². The zero-order valence-electron chi connectivity index (χ0n) is 18.5. The summed E-state index contributed by atoms with van der Waals surface area (Å²) < 4.78 is 23.2. The number of aromatic nitrogens is 1. The fraction of sp³-hybridized carbons (Fsp3) is 0.231. The van der Waals surface area contributed by atoms with Crippen LogP contribution in [0.2, 0.25) is 5.02 Å². The van der Waals surface area contributed by atoms with E-state index >= 15 is 0 Å². The zero-order chi connectivity index (χ0) is 23.2. The monoisotopic (exact) mass is 476 g/mol. The fourth-order valence-electron chi connectivity index (χ4n) is 4.60.